The highest BCUT2D eigenvalue weighted by atomic mass is 32.2. The Kier molecular flexibility index (Phi) is 3.53. The molecule has 0 aromatic rings. The van der Waals surface area contributed by atoms with E-state index in [1.807, 2.05) is 16.7 Å². The predicted molar refractivity (Wildman–Crippen MR) is 62.4 cm³/mol. The summed E-state index contributed by atoms with van der Waals surface area (Å²) in [5.74, 6) is 0.884. The van der Waals surface area contributed by atoms with Gasteiger partial charge in [-0.05, 0) is 25.0 Å². The molecule has 2 fully saturated rings. The average molecular weight is 241 g/mol. The lowest BCUT2D eigenvalue weighted by Gasteiger charge is -2.27. The van der Waals surface area contributed by atoms with Crippen molar-refractivity contribution < 1.29 is 14.7 Å². The molecule has 16 heavy (non-hydrogen) atoms. The summed E-state index contributed by atoms with van der Waals surface area (Å²) in [7, 11) is 0. The zero-order valence-electron chi connectivity index (χ0n) is 8.96. The Balaban J connectivity index is 2.00. The third kappa shape index (κ3) is 2.78. The molecule has 0 unspecified atom stereocenters. The van der Waals surface area contributed by atoms with Crippen LogP contribution in [0.25, 0.3) is 0 Å². The first kappa shape index (κ1) is 11.5. The molecule has 1 amide bonds. The van der Waals surface area contributed by atoms with Crippen molar-refractivity contribution in [2.45, 2.75) is 31.3 Å². The summed E-state index contributed by atoms with van der Waals surface area (Å²) >= 11 is 1.86. The van der Waals surface area contributed by atoms with E-state index in [-0.39, 0.29) is 5.91 Å². The normalized spacial score (nSPS) is 24.9. The molecular formula is C11H15NO3S. The standard InChI is InChI=1S/C11H15NO3S/c13-10(3-4-11(14)15)12(8-1-2-8)9-5-6-16-7-9/h3-4,8-9H,1-2,5-7H2,(H,14,15)/b4-3+/t9-/m0/s1. The summed E-state index contributed by atoms with van der Waals surface area (Å²) in [6, 6.07) is 0.665. The van der Waals surface area contributed by atoms with Crippen LogP contribution in [-0.4, -0.2) is 45.5 Å². The van der Waals surface area contributed by atoms with Crippen LogP contribution >= 0.6 is 11.8 Å². The number of rotatable bonds is 4. The lowest BCUT2D eigenvalue weighted by atomic mass is 10.2. The van der Waals surface area contributed by atoms with Crippen molar-refractivity contribution in [3.05, 3.63) is 12.2 Å². The number of aliphatic carboxylic acids is 1. The van der Waals surface area contributed by atoms with Crippen LogP contribution in [0.15, 0.2) is 12.2 Å². The highest BCUT2D eigenvalue weighted by molar-refractivity contribution is 7.99. The van der Waals surface area contributed by atoms with E-state index in [0.29, 0.717) is 12.1 Å². The molecule has 1 heterocycles. The summed E-state index contributed by atoms with van der Waals surface area (Å²) in [6.45, 7) is 0. The van der Waals surface area contributed by atoms with Gasteiger partial charge in [0.05, 0.1) is 0 Å². The van der Waals surface area contributed by atoms with Crippen molar-refractivity contribution in [3.63, 3.8) is 0 Å². The third-order valence-electron chi connectivity index (χ3n) is 2.86. The summed E-state index contributed by atoms with van der Waals surface area (Å²) in [6.07, 6.45) is 5.28. The maximum Gasteiger partial charge on any atom is 0.328 e. The highest BCUT2D eigenvalue weighted by Gasteiger charge is 2.37. The van der Waals surface area contributed by atoms with Crippen molar-refractivity contribution in [3.8, 4) is 0 Å². The molecule has 0 radical (unpaired) electrons. The molecular weight excluding hydrogens is 226 g/mol. The van der Waals surface area contributed by atoms with Crippen LogP contribution in [0.3, 0.4) is 0 Å². The number of carbonyl (C=O) groups excluding carboxylic acids is 1. The van der Waals surface area contributed by atoms with Crippen molar-refractivity contribution in [2.24, 2.45) is 0 Å². The first-order chi connectivity index (χ1) is 7.68. The van der Waals surface area contributed by atoms with Gasteiger partial charge in [0.1, 0.15) is 0 Å². The molecule has 1 aliphatic carbocycles. The van der Waals surface area contributed by atoms with Gasteiger partial charge in [-0.2, -0.15) is 11.8 Å². The van der Waals surface area contributed by atoms with Gasteiger partial charge in [0.25, 0.3) is 0 Å². The molecule has 1 N–H and O–H groups in total. The van der Waals surface area contributed by atoms with E-state index < -0.39 is 5.97 Å². The summed E-state index contributed by atoms with van der Waals surface area (Å²) in [5.41, 5.74) is 0. The fourth-order valence-corrected chi connectivity index (χ4v) is 3.19. The third-order valence-corrected chi connectivity index (χ3v) is 4.01. The van der Waals surface area contributed by atoms with Crippen LogP contribution < -0.4 is 0 Å². The van der Waals surface area contributed by atoms with Gasteiger partial charge in [0, 0.05) is 30.0 Å². The van der Waals surface area contributed by atoms with Gasteiger partial charge in [0.2, 0.25) is 5.91 Å². The fraction of sp³-hybridized carbons (Fsp3) is 0.636. The molecule has 1 aliphatic heterocycles. The van der Waals surface area contributed by atoms with Crippen LogP contribution in [0.1, 0.15) is 19.3 Å². The SMILES string of the molecule is O=C(O)/C=C/C(=O)N(C1CC1)[C@H]1CCSC1. The molecule has 88 valence electrons. The van der Waals surface area contributed by atoms with Crippen LogP contribution in [0.2, 0.25) is 0 Å². The largest absolute Gasteiger partial charge is 0.478 e. The second kappa shape index (κ2) is 4.91. The predicted octanol–water partition coefficient (Wildman–Crippen LogP) is 1.12. The smallest absolute Gasteiger partial charge is 0.328 e. The van der Waals surface area contributed by atoms with E-state index in [1.54, 1.807) is 0 Å². The van der Waals surface area contributed by atoms with Crippen molar-refractivity contribution in [1.82, 2.24) is 4.90 Å². The number of carboxylic acids is 1. The molecule has 0 bridgehead atoms. The van der Waals surface area contributed by atoms with Crippen LogP contribution in [0.4, 0.5) is 0 Å². The molecule has 1 atom stereocenters. The second-order valence-corrected chi connectivity index (χ2v) is 5.32. The number of thioether (sulfide) groups is 1. The van der Waals surface area contributed by atoms with Crippen molar-refractivity contribution in [2.75, 3.05) is 11.5 Å². The first-order valence-electron chi connectivity index (χ1n) is 5.49. The van der Waals surface area contributed by atoms with E-state index >= 15 is 0 Å². The Labute approximate surface area is 98.7 Å². The Morgan fingerprint density at radius 1 is 1.19 bits per heavy atom. The van der Waals surface area contributed by atoms with Crippen LogP contribution in [0, 0.1) is 0 Å². The van der Waals surface area contributed by atoms with E-state index in [0.717, 1.165) is 36.8 Å². The first-order valence-corrected chi connectivity index (χ1v) is 6.65. The molecule has 0 spiro atoms. The van der Waals surface area contributed by atoms with Crippen LogP contribution in [-0.2, 0) is 9.59 Å². The van der Waals surface area contributed by atoms with E-state index in [9.17, 15) is 9.59 Å². The Morgan fingerprint density at radius 3 is 2.44 bits per heavy atom. The molecule has 2 aliphatic rings. The van der Waals surface area contributed by atoms with Gasteiger partial charge in [-0.15, -0.1) is 0 Å². The second-order valence-electron chi connectivity index (χ2n) is 4.17. The van der Waals surface area contributed by atoms with Crippen LogP contribution in [0.5, 0.6) is 0 Å². The number of hydrogen-bond acceptors (Lipinski definition) is 3. The maximum absolute atomic E-state index is 11.9. The zero-order chi connectivity index (χ0) is 11.5. The quantitative estimate of drug-likeness (QED) is 0.749. The van der Waals surface area contributed by atoms with Gasteiger partial charge < -0.3 is 10.0 Å². The summed E-state index contributed by atoms with van der Waals surface area (Å²) < 4.78 is 0. The number of carbonyl (C=O) groups is 2. The van der Waals surface area contributed by atoms with Crippen molar-refractivity contribution >= 4 is 23.6 Å². The summed E-state index contributed by atoms with van der Waals surface area (Å²) in [4.78, 5) is 24.1. The number of carboxylic acid groups (broad SMARTS) is 1. The number of nitrogens with zero attached hydrogens (tertiary/aromatic N) is 1. The van der Waals surface area contributed by atoms with E-state index in [4.69, 9.17) is 5.11 Å². The molecule has 2 rings (SSSR count). The van der Waals surface area contributed by atoms with Gasteiger partial charge >= 0.3 is 5.97 Å². The van der Waals surface area contributed by atoms with Gasteiger partial charge in [-0.25, -0.2) is 4.79 Å². The van der Waals surface area contributed by atoms with Gasteiger partial charge in [-0.3, -0.25) is 4.79 Å². The Bertz CT molecular complexity index is 319. The van der Waals surface area contributed by atoms with Gasteiger partial charge in [0.15, 0.2) is 0 Å². The number of hydrogen-bond donors (Lipinski definition) is 1. The minimum Gasteiger partial charge on any atom is -0.478 e. The number of amides is 1. The Hall–Kier alpha value is -0.970. The molecule has 1 saturated heterocycles. The lowest BCUT2D eigenvalue weighted by Crippen LogP contribution is -2.41. The molecule has 4 nitrogen and oxygen atoms in total. The van der Waals surface area contributed by atoms with Gasteiger partial charge in [-0.1, -0.05) is 0 Å². The zero-order valence-corrected chi connectivity index (χ0v) is 9.78. The van der Waals surface area contributed by atoms with E-state index in [2.05, 4.69) is 0 Å². The molecule has 0 aromatic heterocycles. The minimum absolute atomic E-state index is 0.141. The molecule has 5 heteroatoms. The fourth-order valence-electron chi connectivity index (χ4n) is 1.98. The maximum atomic E-state index is 11.9. The lowest BCUT2D eigenvalue weighted by molar-refractivity contribution is -0.132. The average Bonchev–Trinajstić information content (AvgIpc) is 2.91. The minimum atomic E-state index is -1.06. The molecule has 0 aromatic carbocycles. The monoisotopic (exact) mass is 241 g/mol. The topological polar surface area (TPSA) is 57.6 Å². The highest BCUT2D eigenvalue weighted by Crippen LogP contribution is 2.33. The molecule has 1 saturated carbocycles. The Morgan fingerprint density at radius 2 is 1.94 bits per heavy atom. The van der Waals surface area contributed by atoms with E-state index in [1.165, 1.54) is 6.08 Å². The summed E-state index contributed by atoms with van der Waals surface area (Å²) in [5, 5.41) is 8.50. The van der Waals surface area contributed by atoms with Crippen molar-refractivity contribution in [1.29, 1.82) is 0 Å².